The number of ketones is 2. The summed E-state index contributed by atoms with van der Waals surface area (Å²) in [7, 11) is 0. The van der Waals surface area contributed by atoms with Gasteiger partial charge in [0, 0.05) is 18.3 Å². The first kappa shape index (κ1) is 32.0. The maximum absolute atomic E-state index is 12.9. The maximum Gasteiger partial charge on any atom is 0.293 e. The number of fused-ring (bicyclic) bond motifs is 1. The van der Waals surface area contributed by atoms with E-state index in [0.717, 1.165) is 51.4 Å². The molecule has 0 amide bonds. The van der Waals surface area contributed by atoms with E-state index in [9.17, 15) is 14.4 Å². The maximum atomic E-state index is 12.9. The van der Waals surface area contributed by atoms with Crippen LogP contribution in [0.3, 0.4) is 0 Å². The van der Waals surface area contributed by atoms with Gasteiger partial charge in [0.05, 0.1) is 0 Å². The third-order valence-corrected chi connectivity index (χ3v) is 11.7. The van der Waals surface area contributed by atoms with Crippen LogP contribution in [0.2, 0.25) is 0 Å². The molecule has 5 atom stereocenters. The Hall–Kier alpha value is -1.19. The standard InChI is InChI=1S/C33H58O4/c1-12-15-28(3,4)18-20-31(9,37-23-34)21-19-29(5,6)33(11)17-13-25-30(7,8)27(36)14-16-32(25,10)26(33)22-24(2)35/h23,25-26H,12-22H2,1-11H3/t25-,26+,31-,32-,33+/m0/s1. The van der Waals surface area contributed by atoms with Gasteiger partial charge in [-0.2, -0.15) is 0 Å². The van der Waals surface area contributed by atoms with Gasteiger partial charge in [0.15, 0.2) is 0 Å². The summed E-state index contributed by atoms with van der Waals surface area (Å²) in [6.45, 7) is 25.1. The molecule has 0 aromatic carbocycles. The molecule has 0 saturated heterocycles. The van der Waals surface area contributed by atoms with E-state index in [1.807, 2.05) is 0 Å². The average molecular weight is 519 g/mol. The molecule has 0 aromatic rings. The molecule has 37 heavy (non-hydrogen) atoms. The zero-order chi connectivity index (χ0) is 28.5. The van der Waals surface area contributed by atoms with Crippen LogP contribution in [-0.2, 0) is 19.1 Å². The second kappa shape index (κ2) is 11.1. The molecule has 0 N–H and O–H groups in total. The van der Waals surface area contributed by atoms with E-state index >= 15 is 0 Å². The van der Waals surface area contributed by atoms with Crippen molar-refractivity contribution in [1.29, 1.82) is 0 Å². The second-order valence-corrected chi connectivity index (χ2v) is 15.6. The molecule has 2 fully saturated rings. The molecular weight excluding hydrogens is 460 g/mol. The van der Waals surface area contributed by atoms with Gasteiger partial charge in [0.2, 0.25) is 0 Å². The monoisotopic (exact) mass is 518 g/mol. The molecule has 2 aliphatic rings. The summed E-state index contributed by atoms with van der Waals surface area (Å²) in [6, 6.07) is 0. The summed E-state index contributed by atoms with van der Waals surface area (Å²) in [5, 5.41) is 0. The summed E-state index contributed by atoms with van der Waals surface area (Å²) in [4.78, 5) is 37.1. The van der Waals surface area contributed by atoms with Gasteiger partial charge < -0.3 is 9.53 Å². The van der Waals surface area contributed by atoms with Crippen LogP contribution in [0.4, 0.5) is 0 Å². The first-order chi connectivity index (χ1) is 16.8. The van der Waals surface area contributed by atoms with Crippen molar-refractivity contribution < 1.29 is 19.1 Å². The van der Waals surface area contributed by atoms with E-state index < -0.39 is 5.60 Å². The molecule has 2 saturated carbocycles. The first-order valence-electron chi connectivity index (χ1n) is 14.9. The molecular formula is C33H58O4. The molecule has 0 aromatic heterocycles. The zero-order valence-electron chi connectivity index (χ0n) is 26.1. The van der Waals surface area contributed by atoms with Crippen LogP contribution in [-0.4, -0.2) is 23.6 Å². The van der Waals surface area contributed by atoms with Crippen LogP contribution < -0.4 is 0 Å². The van der Waals surface area contributed by atoms with Crippen LogP contribution in [0.5, 0.6) is 0 Å². The van der Waals surface area contributed by atoms with Crippen molar-refractivity contribution in [3.63, 3.8) is 0 Å². The van der Waals surface area contributed by atoms with E-state index in [2.05, 4.69) is 69.2 Å². The van der Waals surface area contributed by atoms with Gasteiger partial charge in [-0.1, -0.05) is 68.7 Å². The van der Waals surface area contributed by atoms with Crippen molar-refractivity contribution in [3.8, 4) is 0 Å². The summed E-state index contributed by atoms with van der Waals surface area (Å²) in [5.74, 6) is 1.15. The molecule has 0 aliphatic heterocycles. The lowest BCUT2D eigenvalue weighted by atomic mass is 9.38. The van der Waals surface area contributed by atoms with Crippen molar-refractivity contribution in [2.75, 3.05) is 0 Å². The lowest BCUT2D eigenvalue weighted by Gasteiger charge is -2.65. The van der Waals surface area contributed by atoms with Gasteiger partial charge in [-0.15, -0.1) is 0 Å². The lowest BCUT2D eigenvalue weighted by molar-refractivity contribution is -0.180. The van der Waals surface area contributed by atoms with Gasteiger partial charge in [0.1, 0.15) is 17.2 Å². The van der Waals surface area contributed by atoms with Gasteiger partial charge in [-0.3, -0.25) is 9.59 Å². The summed E-state index contributed by atoms with van der Waals surface area (Å²) >= 11 is 0. The number of carbonyl (C=O) groups is 3. The average Bonchev–Trinajstić information content (AvgIpc) is 2.77. The Kier molecular flexibility index (Phi) is 9.63. The minimum Gasteiger partial charge on any atom is -0.462 e. The highest BCUT2D eigenvalue weighted by molar-refractivity contribution is 5.85. The normalized spacial score (nSPS) is 31.8. The molecule has 0 heterocycles. The van der Waals surface area contributed by atoms with Crippen LogP contribution in [0.25, 0.3) is 0 Å². The molecule has 4 heteroatoms. The van der Waals surface area contributed by atoms with Gasteiger partial charge >= 0.3 is 0 Å². The minimum atomic E-state index is -0.489. The molecule has 214 valence electrons. The smallest absolute Gasteiger partial charge is 0.293 e. The number of carbonyl (C=O) groups excluding carboxylic acids is 3. The molecule has 0 spiro atoms. The third-order valence-electron chi connectivity index (χ3n) is 11.7. The Balaban J connectivity index is 2.35. The molecule has 2 rings (SSSR count). The third kappa shape index (κ3) is 6.52. The van der Waals surface area contributed by atoms with E-state index in [4.69, 9.17) is 4.74 Å². The molecule has 0 bridgehead atoms. The highest BCUT2D eigenvalue weighted by atomic mass is 16.5. The van der Waals surface area contributed by atoms with Crippen molar-refractivity contribution in [1.82, 2.24) is 0 Å². The van der Waals surface area contributed by atoms with Crippen LogP contribution >= 0.6 is 0 Å². The second-order valence-electron chi connectivity index (χ2n) is 15.6. The SMILES string of the molecule is CCCC(C)(C)CC[C@@](C)(CCC(C)(C)[C@]1(C)CC[C@H]2C(C)(C)C(=O)CC[C@]2(C)[C@H]1CC(C)=O)OC=O. The Morgan fingerprint density at radius 1 is 0.973 bits per heavy atom. The Bertz CT molecular complexity index is 839. The van der Waals surface area contributed by atoms with E-state index in [0.29, 0.717) is 31.0 Å². The highest BCUT2D eigenvalue weighted by Gasteiger charge is 2.63. The largest absolute Gasteiger partial charge is 0.462 e. The summed E-state index contributed by atoms with van der Waals surface area (Å²) in [5.41, 5.74) is -0.746. The van der Waals surface area contributed by atoms with Crippen molar-refractivity contribution >= 4 is 18.0 Å². The molecule has 0 radical (unpaired) electrons. The molecule has 2 aliphatic carbocycles. The number of hydrogen-bond donors (Lipinski definition) is 0. The fourth-order valence-corrected chi connectivity index (χ4v) is 8.53. The fourth-order valence-electron chi connectivity index (χ4n) is 8.53. The Morgan fingerprint density at radius 3 is 2.11 bits per heavy atom. The van der Waals surface area contributed by atoms with E-state index in [1.54, 1.807) is 6.92 Å². The van der Waals surface area contributed by atoms with Crippen molar-refractivity contribution in [2.24, 2.45) is 38.9 Å². The van der Waals surface area contributed by atoms with Crippen molar-refractivity contribution in [2.45, 2.75) is 152 Å². The Morgan fingerprint density at radius 2 is 1.57 bits per heavy atom. The first-order valence-corrected chi connectivity index (χ1v) is 14.9. The van der Waals surface area contributed by atoms with Crippen LogP contribution in [0, 0.1) is 38.9 Å². The quantitative estimate of drug-likeness (QED) is 0.229. The fraction of sp³-hybridized carbons (Fsp3) is 0.909. The molecule has 4 nitrogen and oxygen atoms in total. The predicted octanol–water partition coefficient (Wildman–Crippen LogP) is 8.74. The predicted molar refractivity (Wildman–Crippen MR) is 152 cm³/mol. The topological polar surface area (TPSA) is 60.4 Å². The van der Waals surface area contributed by atoms with E-state index in [-0.39, 0.29) is 38.8 Å². The number of Topliss-reactive ketones (excluding diaryl/α,β-unsaturated/α-hetero) is 2. The lowest BCUT2D eigenvalue weighted by Crippen LogP contribution is -2.60. The Labute approximate surface area is 228 Å². The van der Waals surface area contributed by atoms with E-state index in [1.165, 1.54) is 6.42 Å². The van der Waals surface area contributed by atoms with Crippen LogP contribution in [0.15, 0.2) is 0 Å². The number of hydrogen-bond acceptors (Lipinski definition) is 4. The number of ether oxygens (including phenoxy) is 1. The molecule has 0 unspecified atom stereocenters. The number of rotatable bonds is 13. The van der Waals surface area contributed by atoms with Gasteiger partial charge in [-0.25, -0.2) is 0 Å². The van der Waals surface area contributed by atoms with Crippen molar-refractivity contribution in [3.05, 3.63) is 0 Å². The van der Waals surface area contributed by atoms with Gasteiger partial charge in [-0.05, 0) is 98.7 Å². The summed E-state index contributed by atoms with van der Waals surface area (Å²) < 4.78 is 5.78. The van der Waals surface area contributed by atoms with Crippen LogP contribution in [0.1, 0.15) is 147 Å². The summed E-state index contributed by atoms with van der Waals surface area (Å²) in [6.07, 6.45) is 10.1. The van der Waals surface area contributed by atoms with Gasteiger partial charge in [0.25, 0.3) is 6.47 Å². The highest BCUT2D eigenvalue weighted by Crippen LogP contribution is 2.68. The zero-order valence-corrected chi connectivity index (χ0v) is 26.1. The minimum absolute atomic E-state index is 0.0415.